The molecule has 1 unspecified atom stereocenters. The number of hydrogen-bond acceptors (Lipinski definition) is 6. The zero-order valence-corrected chi connectivity index (χ0v) is 19.1. The van der Waals surface area contributed by atoms with Crippen molar-refractivity contribution < 1.29 is 17.6 Å². The fraction of sp³-hybridized carbons (Fsp3) is 0.524. The van der Waals surface area contributed by atoms with Crippen LogP contribution < -0.4 is 0 Å². The first-order valence-electron chi connectivity index (χ1n) is 10.3. The van der Waals surface area contributed by atoms with Crippen LogP contribution in [0.15, 0.2) is 34.0 Å². The number of thioether (sulfide) groups is 1. The monoisotopic (exact) mass is 468 g/mol. The van der Waals surface area contributed by atoms with Gasteiger partial charge in [0.2, 0.25) is 5.91 Å². The van der Waals surface area contributed by atoms with Gasteiger partial charge in [0.25, 0.3) is 0 Å². The number of halogens is 1. The van der Waals surface area contributed by atoms with Crippen LogP contribution >= 0.6 is 23.1 Å². The number of sulfone groups is 1. The van der Waals surface area contributed by atoms with E-state index in [1.165, 1.54) is 41.7 Å². The van der Waals surface area contributed by atoms with E-state index in [0.29, 0.717) is 6.42 Å². The Kier molecular flexibility index (Phi) is 6.79. The lowest BCUT2D eigenvalue weighted by molar-refractivity contribution is -0.133. The molecule has 0 spiro atoms. The number of carbonyl (C=O) groups excluding carboxylic acids is 1. The van der Waals surface area contributed by atoms with Gasteiger partial charge in [-0.05, 0) is 43.5 Å². The summed E-state index contributed by atoms with van der Waals surface area (Å²) in [6.07, 6.45) is 5.82. The highest BCUT2D eigenvalue weighted by molar-refractivity contribution is 8.01. The molecule has 1 aromatic heterocycles. The van der Waals surface area contributed by atoms with E-state index in [-0.39, 0.29) is 41.1 Å². The standard InChI is InChI=1S/C21H25FN2O3S3/c22-16-8-6-15(7-9-16)19-12-28-21(23-19)29-13-20(25)24(17-4-2-1-3-5-17)18-10-11-30(26,27)14-18/h6-9,12,17-18H,1-5,10-11,13-14H2. The SMILES string of the molecule is O=C(CSc1nc(-c2ccc(F)cc2)cs1)N(C1CCCCC1)C1CCS(=O)(=O)C1. The molecule has 1 aliphatic carbocycles. The maximum absolute atomic E-state index is 13.2. The normalized spacial score (nSPS) is 21.6. The summed E-state index contributed by atoms with van der Waals surface area (Å²) in [6, 6.07) is 6.14. The van der Waals surface area contributed by atoms with E-state index in [2.05, 4.69) is 4.98 Å². The molecule has 1 saturated carbocycles. The average Bonchev–Trinajstić information content (AvgIpc) is 3.34. The minimum Gasteiger partial charge on any atom is -0.335 e. The number of nitrogens with zero attached hydrogens (tertiary/aromatic N) is 2. The van der Waals surface area contributed by atoms with Crippen molar-refractivity contribution in [3.8, 4) is 11.3 Å². The van der Waals surface area contributed by atoms with Gasteiger partial charge in [-0.3, -0.25) is 4.79 Å². The van der Waals surface area contributed by atoms with Crippen molar-refractivity contribution in [1.29, 1.82) is 0 Å². The van der Waals surface area contributed by atoms with Crippen molar-refractivity contribution in [2.75, 3.05) is 17.3 Å². The number of hydrogen-bond donors (Lipinski definition) is 0. The highest BCUT2D eigenvalue weighted by atomic mass is 32.2. The molecule has 2 fully saturated rings. The minimum atomic E-state index is -3.05. The average molecular weight is 469 g/mol. The van der Waals surface area contributed by atoms with Crippen LogP contribution in [0, 0.1) is 5.82 Å². The Labute approximate surface area is 185 Å². The molecule has 2 aliphatic rings. The third kappa shape index (κ3) is 5.23. The summed E-state index contributed by atoms with van der Waals surface area (Å²) in [6.45, 7) is 0. The van der Waals surface area contributed by atoms with Crippen LogP contribution in [0.25, 0.3) is 11.3 Å². The van der Waals surface area contributed by atoms with Gasteiger partial charge in [0.05, 0.1) is 23.0 Å². The molecule has 30 heavy (non-hydrogen) atoms. The molecule has 2 heterocycles. The Morgan fingerprint density at radius 2 is 1.87 bits per heavy atom. The maximum Gasteiger partial charge on any atom is 0.233 e. The summed E-state index contributed by atoms with van der Waals surface area (Å²) in [5.41, 5.74) is 1.60. The van der Waals surface area contributed by atoms with E-state index in [4.69, 9.17) is 0 Å². The Morgan fingerprint density at radius 3 is 2.53 bits per heavy atom. The fourth-order valence-corrected chi connectivity index (χ4v) is 7.75. The summed E-state index contributed by atoms with van der Waals surface area (Å²) >= 11 is 2.85. The molecule has 2 aromatic rings. The van der Waals surface area contributed by atoms with Gasteiger partial charge in [0.15, 0.2) is 14.2 Å². The number of thiazole rings is 1. The van der Waals surface area contributed by atoms with Crippen molar-refractivity contribution in [3.05, 3.63) is 35.5 Å². The highest BCUT2D eigenvalue weighted by Gasteiger charge is 2.38. The van der Waals surface area contributed by atoms with E-state index >= 15 is 0 Å². The Bertz CT molecular complexity index is 985. The van der Waals surface area contributed by atoms with E-state index in [1.54, 1.807) is 12.1 Å². The van der Waals surface area contributed by atoms with Gasteiger partial charge in [-0.2, -0.15) is 0 Å². The zero-order chi connectivity index (χ0) is 21.1. The van der Waals surface area contributed by atoms with Gasteiger partial charge in [0, 0.05) is 23.0 Å². The molecule has 0 radical (unpaired) electrons. The summed E-state index contributed by atoms with van der Waals surface area (Å²) in [4.78, 5) is 19.6. The van der Waals surface area contributed by atoms with Crippen LogP contribution in [0.4, 0.5) is 4.39 Å². The molecule has 0 N–H and O–H groups in total. The van der Waals surface area contributed by atoms with Crippen molar-refractivity contribution >= 4 is 38.8 Å². The molecule has 5 nitrogen and oxygen atoms in total. The molecule has 1 saturated heterocycles. The summed E-state index contributed by atoms with van der Waals surface area (Å²) in [5.74, 6) is 0.239. The Balaban J connectivity index is 1.43. The third-order valence-electron chi connectivity index (χ3n) is 5.80. The molecule has 1 atom stereocenters. The molecular formula is C21H25FN2O3S3. The largest absolute Gasteiger partial charge is 0.335 e. The van der Waals surface area contributed by atoms with Gasteiger partial charge >= 0.3 is 0 Å². The topological polar surface area (TPSA) is 67.3 Å². The van der Waals surface area contributed by atoms with Crippen molar-refractivity contribution in [1.82, 2.24) is 9.88 Å². The predicted molar refractivity (Wildman–Crippen MR) is 119 cm³/mol. The van der Waals surface area contributed by atoms with Crippen molar-refractivity contribution in [3.63, 3.8) is 0 Å². The second kappa shape index (κ2) is 9.36. The Hall–Kier alpha value is -1.45. The lowest BCUT2D eigenvalue weighted by Crippen LogP contribution is -2.49. The number of rotatable bonds is 6. The highest BCUT2D eigenvalue weighted by Crippen LogP contribution is 2.32. The molecule has 9 heteroatoms. The van der Waals surface area contributed by atoms with E-state index < -0.39 is 9.84 Å². The zero-order valence-electron chi connectivity index (χ0n) is 16.6. The molecular weight excluding hydrogens is 443 g/mol. The van der Waals surface area contributed by atoms with Crippen LogP contribution in [0.5, 0.6) is 0 Å². The summed E-state index contributed by atoms with van der Waals surface area (Å²) in [7, 11) is -3.05. The summed E-state index contributed by atoms with van der Waals surface area (Å²) < 4.78 is 37.9. The molecule has 1 aromatic carbocycles. The van der Waals surface area contributed by atoms with E-state index in [9.17, 15) is 17.6 Å². The first-order valence-corrected chi connectivity index (χ1v) is 14.0. The van der Waals surface area contributed by atoms with Crippen LogP contribution in [0.1, 0.15) is 38.5 Å². The van der Waals surface area contributed by atoms with Gasteiger partial charge in [-0.25, -0.2) is 17.8 Å². The molecule has 4 rings (SSSR count). The molecule has 1 aliphatic heterocycles. The van der Waals surface area contributed by atoms with Gasteiger partial charge in [-0.1, -0.05) is 31.0 Å². The molecule has 0 bridgehead atoms. The molecule has 162 valence electrons. The van der Waals surface area contributed by atoms with Crippen molar-refractivity contribution in [2.24, 2.45) is 0 Å². The first kappa shape index (κ1) is 21.8. The number of benzene rings is 1. The van der Waals surface area contributed by atoms with Gasteiger partial charge in [-0.15, -0.1) is 11.3 Å². The van der Waals surface area contributed by atoms with Gasteiger partial charge in [0.1, 0.15) is 5.82 Å². The number of aromatic nitrogens is 1. The van der Waals surface area contributed by atoms with E-state index in [1.807, 2.05) is 10.3 Å². The van der Waals surface area contributed by atoms with Crippen LogP contribution in [-0.4, -0.2) is 53.6 Å². The quantitative estimate of drug-likeness (QED) is 0.588. The van der Waals surface area contributed by atoms with E-state index in [0.717, 1.165) is 41.3 Å². The lowest BCUT2D eigenvalue weighted by atomic mass is 9.93. The predicted octanol–water partition coefficient (Wildman–Crippen LogP) is 4.39. The fourth-order valence-electron chi connectivity index (χ4n) is 4.33. The lowest BCUT2D eigenvalue weighted by Gasteiger charge is -2.38. The number of carbonyl (C=O) groups is 1. The second-order valence-corrected chi connectivity index (χ2v) is 12.3. The van der Waals surface area contributed by atoms with Crippen LogP contribution in [0.2, 0.25) is 0 Å². The van der Waals surface area contributed by atoms with Crippen LogP contribution in [-0.2, 0) is 14.6 Å². The molecule has 1 amide bonds. The minimum absolute atomic E-state index is 0.00697. The third-order valence-corrected chi connectivity index (χ3v) is 9.56. The van der Waals surface area contributed by atoms with Gasteiger partial charge < -0.3 is 4.90 Å². The van der Waals surface area contributed by atoms with Crippen LogP contribution in [0.3, 0.4) is 0 Å². The number of amides is 1. The Morgan fingerprint density at radius 1 is 1.13 bits per heavy atom. The summed E-state index contributed by atoms with van der Waals surface area (Å²) in [5, 5.41) is 1.91. The second-order valence-electron chi connectivity index (χ2n) is 7.94. The smallest absolute Gasteiger partial charge is 0.233 e. The van der Waals surface area contributed by atoms with Crippen molar-refractivity contribution in [2.45, 2.75) is 54.9 Å². The maximum atomic E-state index is 13.2. The first-order chi connectivity index (χ1) is 14.4.